The maximum absolute atomic E-state index is 11.5. The lowest BCUT2D eigenvalue weighted by Crippen LogP contribution is -2.11. The first-order valence-electron chi connectivity index (χ1n) is 6.39. The number of nitrogen functional groups attached to an aromatic ring is 1. The van der Waals surface area contributed by atoms with Gasteiger partial charge in [-0.1, -0.05) is 13.0 Å². The van der Waals surface area contributed by atoms with Crippen LogP contribution in [-0.4, -0.2) is 31.9 Å². The van der Waals surface area contributed by atoms with Gasteiger partial charge in [0.1, 0.15) is 11.3 Å². The third kappa shape index (κ3) is 2.89. The number of aromatic nitrogens is 2. The van der Waals surface area contributed by atoms with Crippen LogP contribution in [0.1, 0.15) is 13.8 Å². The Morgan fingerprint density at radius 2 is 2.21 bits per heavy atom. The fourth-order valence-electron chi connectivity index (χ4n) is 1.98. The Morgan fingerprint density at radius 3 is 2.89 bits per heavy atom. The molecule has 0 radical (unpaired) electrons. The molecule has 1 aromatic carbocycles. The molecule has 1 atom stereocenters. The van der Waals surface area contributed by atoms with Gasteiger partial charge in [-0.15, -0.1) is 0 Å². The van der Waals surface area contributed by atoms with Crippen LogP contribution < -0.4 is 10.5 Å². The molecular weight excluding hydrogens is 262 g/mol. The first kappa shape index (κ1) is 13.9. The third-order valence-electron chi connectivity index (χ3n) is 2.94. The molecule has 5 nitrogen and oxygen atoms in total. The molecule has 0 saturated carbocycles. The van der Waals surface area contributed by atoms with Crippen LogP contribution in [0, 0.1) is 0 Å². The summed E-state index contributed by atoms with van der Waals surface area (Å²) in [5.41, 5.74) is 7.64. The zero-order valence-corrected chi connectivity index (χ0v) is 12.1. The van der Waals surface area contributed by atoms with Crippen LogP contribution in [0.4, 0.5) is 5.95 Å². The molecule has 104 valence electrons. The third-order valence-corrected chi connectivity index (χ3v) is 4.22. The predicted octanol–water partition coefficient (Wildman–Crippen LogP) is 1.79. The largest absolute Gasteiger partial charge is 0.492 e. The molecule has 1 unspecified atom stereocenters. The van der Waals surface area contributed by atoms with Gasteiger partial charge in [-0.05, 0) is 19.1 Å². The van der Waals surface area contributed by atoms with Crippen molar-refractivity contribution < 1.29 is 8.95 Å². The second kappa shape index (κ2) is 6.06. The van der Waals surface area contributed by atoms with Crippen LogP contribution in [0.3, 0.4) is 0 Å². The lowest BCUT2D eigenvalue weighted by molar-refractivity contribution is 0.343. The number of fused-ring (bicyclic) bond motifs is 1. The van der Waals surface area contributed by atoms with E-state index in [1.807, 2.05) is 36.6 Å². The van der Waals surface area contributed by atoms with Crippen molar-refractivity contribution in [2.45, 2.75) is 20.4 Å². The van der Waals surface area contributed by atoms with Crippen molar-refractivity contribution in [1.29, 1.82) is 0 Å². The van der Waals surface area contributed by atoms with E-state index in [1.54, 1.807) is 0 Å². The van der Waals surface area contributed by atoms with Gasteiger partial charge in [-0.3, -0.25) is 4.21 Å². The van der Waals surface area contributed by atoms with Crippen molar-refractivity contribution in [3.63, 3.8) is 0 Å². The summed E-state index contributed by atoms with van der Waals surface area (Å²) in [4.78, 5) is 4.35. The molecule has 1 aromatic heterocycles. The minimum Gasteiger partial charge on any atom is -0.492 e. The molecular formula is C13H19N3O2S. The number of hydrogen-bond acceptors (Lipinski definition) is 4. The maximum atomic E-state index is 11.5. The zero-order valence-electron chi connectivity index (χ0n) is 11.3. The highest BCUT2D eigenvalue weighted by molar-refractivity contribution is 7.84. The summed E-state index contributed by atoms with van der Waals surface area (Å²) in [5, 5.41) is 0. The Hall–Kier alpha value is -1.56. The van der Waals surface area contributed by atoms with E-state index < -0.39 is 10.8 Å². The average molecular weight is 281 g/mol. The molecule has 0 amide bonds. The van der Waals surface area contributed by atoms with Gasteiger partial charge in [0, 0.05) is 28.9 Å². The Morgan fingerprint density at radius 1 is 1.42 bits per heavy atom. The van der Waals surface area contributed by atoms with Crippen LogP contribution in [0.2, 0.25) is 0 Å². The fraction of sp³-hybridized carbons (Fsp3) is 0.462. The predicted molar refractivity (Wildman–Crippen MR) is 78.9 cm³/mol. The monoisotopic (exact) mass is 281 g/mol. The van der Waals surface area contributed by atoms with E-state index in [9.17, 15) is 4.21 Å². The molecule has 0 aliphatic rings. The van der Waals surface area contributed by atoms with Crippen LogP contribution in [0.15, 0.2) is 18.2 Å². The highest BCUT2D eigenvalue weighted by atomic mass is 32.2. The second-order valence-corrected chi connectivity index (χ2v) is 5.98. The van der Waals surface area contributed by atoms with Gasteiger partial charge in [0.05, 0.1) is 12.1 Å². The van der Waals surface area contributed by atoms with Crippen molar-refractivity contribution in [2.24, 2.45) is 0 Å². The number of aryl methyl sites for hydroxylation is 1. The van der Waals surface area contributed by atoms with Crippen molar-refractivity contribution in [1.82, 2.24) is 9.55 Å². The molecule has 0 aliphatic heterocycles. The number of nitrogens with two attached hydrogens (primary N) is 1. The number of nitrogens with zero attached hydrogens (tertiary/aromatic N) is 2. The minimum absolute atomic E-state index is 0.440. The van der Waals surface area contributed by atoms with Gasteiger partial charge in [-0.2, -0.15) is 0 Å². The molecule has 0 fully saturated rings. The Bertz CT molecular complexity index is 595. The summed E-state index contributed by atoms with van der Waals surface area (Å²) in [5.74, 6) is 2.43. The summed E-state index contributed by atoms with van der Waals surface area (Å²) in [6.07, 6.45) is 0. The smallest absolute Gasteiger partial charge is 0.201 e. The average Bonchev–Trinajstić information content (AvgIpc) is 2.73. The number of rotatable bonds is 6. The SMILES string of the molecule is CCOc1cccc2c1nc(N)n2CCS(=O)CC. The van der Waals surface area contributed by atoms with Crippen molar-refractivity contribution in [2.75, 3.05) is 23.8 Å². The lowest BCUT2D eigenvalue weighted by atomic mass is 10.3. The summed E-state index contributed by atoms with van der Waals surface area (Å²) in [6.45, 7) is 5.05. The summed E-state index contributed by atoms with van der Waals surface area (Å²) in [6, 6.07) is 5.75. The number of benzene rings is 1. The number of para-hydroxylation sites is 1. The van der Waals surface area contributed by atoms with Crippen LogP contribution in [-0.2, 0) is 17.3 Å². The van der Waals surface area contributed by atoms with Gasteiger partial charge in [-0.25, -0.2) is 4.98 Å². The van der Waals surface area contributed by atoms with Crippen LogP contribution in [0.5, 0.6) is 5.75 Å². The number of anilines is 1. The van der Waals surface area contributed by atoms with E-state index in [0.29, 0.717) is 30.6 Å². The van der Waals surface area contributed by atoms with Gasteiger partial charge >= 0.3 is 0 Å². The maximum Gasteiger partial charge on any atom is 0.201 e. The Kier molecular flexibility index (Phi) is 4.42. The van der Waals surface area contributed by atoms with Crippen LogP contribution in [0.25, 0.3) is 11.0 Å². The van der Waals surface area contributed by atoms with Gasteiger partial charge in [0.2, 0.25) is 5.95 Å². The summed E-state index contributed by atoms with van der Waals surface area (Å²) in [7, 11) is -0.807. The highest BCUT2D eigenvalue weighted by Gasteiger charge is 2.12. The molecule has 6 heteroatoms. The van der Waals surface area contributed by atoms with E-state index in [4.69, 9.17) is 10.5 Å². The molecule has 0 saturated heterocycles. The number of imidazole rings is 1. The first-order chi connectivity index (χ1) is 9.17. The molecule has 2 rings (SSSR count). The molecule has 0 bridgehead atoms. The molecule has 2 aromatic rings. The molecule has 2 N–H and O–H groups in total. The van der Waals surface area contributed by atoms with Crippen molar-refractivity contribution in [3.8, 4) is 5.75 Å². The normalized spacial score (nSPS) is 12.7. The molecule has 0 spiro atoms. The zero-order chi connectivity index (χ0) is 13.8. The van der Waals surface area contributed by atoms with E-state index in [-0.39, 0.29) is 0 Å². The van der Waals surface area contributed by atoms with Gasteiger partial charge in [0.25, 0.3) is 0 Å². The highest BCUT2D eigenvalue weighted by Crippen LogP contribution is 2.26. The first-order valence-corrected chi connectivity index (χ1v) is 7.88. The lowest BCUT2D eigenvalue weighted by Gasteiger charge is -2.06. The van der Waals surface area contributed by atoms with Crippen molar-refractivity contribution >= 4 is 27.8 Å². The molecule has 0 aliphatic carbocycles. The van der Waals surface area contributed by atoms with E-state index in [1.165, 1.54) is 0 Å². The molecule has 1 heterocycles. The van der Waals surface area contributed by atoms with Crippen LogP contribution >= 0.6 is 0 Å². The number of ether oxygens (including phenoxy) is 1. The molecule has 19 heavy (non-hydrogen) atoms. The quantitative estimate of drug-likeness (QED) is 0.876. The second-order valence-electron chi connectivity index (χ2n) is 4.11. The minimum atomic E-state index is -0.807. The summed E-state index contributed by atoms with van der Waals surface area (Å²) >= 11 is 0. The topological polar surface area (TPSA) is 70.1 Å². The Balaban J connectivity index is 2.36. The summed E-state index contributed by atoms with van der Waals surface area (Å²) < 4.78 is 19.0. The standard InChI is InChI=1S/C13H19N3O2S/c1-3-18-11-7-5-6-10-12(11)15-13(14)16(10)8-9-19(17)4-2/h5-7H,3-4,8-9H2,1-2H3,(H2,14,15). The number of hydrogen-bond donors (Lipinski definition) is 1. The van der Waals surface area contributed by atoms with E-state index in [2.05, 4.69) is 4.98 Å². The fourth-order valence-corrected chi connectivity index (χ4v) is 2.66. The van der Waals surface area contributed by atoms with Gasteiger partial charge in [0.15, 0.2) is 0 Å². The van der Waals surface area contributed by atoms with Crippen molar-refractivity contribution in [3.05, 3.63) is 18.2 Å². The van der Waals surface area contributed by atoms with E-state index in [0.717, 1.165) is 16.8 Å². The Labute approximate surface area is 115 Å². The van der Waals surface area contributed by atoms with E-state index >= 15 is 0 Å². The van der Waals surface area contributed by atoms with Gasteiger partial charge < -0.3 is 15.0 Å².